The molecule has 0 fully saturated rings. The lowest BCUT2D eigenvalue weighted by molar-refractivity contribution is -0.119. The Balaban J connectivity index is 2.49. The van der Waals surface area contributed by atoms with Crippen LogP contribution in [0, 0.1) is 23.1 Å². The van der Waals surface area contributed by atoms with Crippen LogP contribution in [0.4, 0.5) is 10.1 Å². The first-order valence-electron chi connectivity index (χ1n) is 5.73. The molecule has 0 bridgehead atoms. The Bertz CT molecular complexity index is 466. The van der Waals surface area contributed by atoms with Crippen LogP contribution in [0.15, 0.2) is 18.2 Å². The minimum absolute atomic E-state index is 0.0393. The smallest absolute Gasteiger partial charge is 0.239 e. The first kappa shape index (κ1) is 14.0. The summed E-state index contributed by atoms with van der Waals surface area (Å²) in [6.45, 7) is 4.73. The van der Waals surface area contributed by atoms with Gasteiger partial charge in [-0.1, -0.05) is 13.8 Å². The fourth-order valence-corrected chi connectivity index (χ4v) is 1.28. The summed E-state index contributed by atoms with van der Waals surface area (Å²) in [5, 5.41) is 14.3. The van der Waals surface area contributed by atoms with Crippen molar-refractivity contribution in [1.29, 1.82) is 5.26 Å². The molecular weight excluding hydrogens is 233 g/mol. The molecule has 5 heteroatoms. The van der Waals surface area contributed by atoms with E-state index in [9.17, 15) is 9.18 Å². The molecule has 4 nitrogen and oxygen atoms in total. The zero-order chi connectivity index (χ0) is 13.5. The van der Waals surface area contributed by atoms with Gasteiger partial charge in [-0.2, -0.15) is 5.26 Å². The molecule has 2 N–H and O–H groups in total. The van der Waals surface area contributed by atoms with Gasteiger partial charge in [0.25, 0.3) is 0 Å². The number of anilines is 1. The normalized spacial score (nSPS) is 9.94. The molecule has 0 aliphatic heterocycles. The summed E-state index contributed by atoms with van der Waals surface area (Å²) < 4.78 is 13.0. The van der Waals surface area contributed by atoms with E-state index >= 15 is 0 Å². The van der Waals surface area contributed by atoms with Crippen molar-refractivity contribution in [2.45, 2.75) is 13.8 Å². The molecule has 1 aromatic carbocycles. The topological polar surface area (TPSA) is 64.9 Å². The Labute approximate surface area is 106 Å². The van der Waals surface area contributed by atoms with Crippen molar-refractivity contribution in [2.24, 2.45) is 5.92 Å². The van der Waals surface area contributed by atoms with E-state index in [1.165, 1.54) is 18.2 Å². The minimum Gasteiger partial charge on any atom is -0.376 e. The van der Waals surface area contributed by atoms with E-state index in [4.69, 9.17) is 5.26 Å². The summed E-state index contributed by atoms with van der Waals surface area (Å²) >= 11 is 0. The van der Waals surface area contributed by atoms with Gasteiger partial charge in [0.05, 0.1) is 12.1 Å². The van der Waals surface area contributed by atoms with Gasteiger partial charge in [0.1, 0.15) is 11.9 Å². The molecule has 96 valence electrons. The number of hydrogen-bond acceptors (Lipinski definition) is 3. The van der Waals surface area contributed by atoms with Crippen LogP contribution in [-0.4, -0.2) is 19.0 Å². The number of carbonyl (C=O) groups excluding carboxylic acids is 1. The Morgan fingerprint density at radius 3 is 2.83 bits per heavy atom. The Morgan fingerprint density at radius 2 is 2.22 bits per heavy atom. The van der Waals surface area contributed by atoms with Crippen LogP contribution in [0.3, 0.4) is 0 Å². The number of rotatable bonds is 5. The molecule has 0 heterocycles. The maximum atomic E-state index is 13.0. The number of carbonyl (C=O) groups is 1. The van der Waals surface area contributed by atoms with E-state index < -0.39 is 5.82 Å². The van der Waals surface area contributed by atoms with Crippen LogP contribution >= 0.6 is 0 Å². The molecular formula is C13H16FN3O. The van der Waals surface area contributed by atoms with Gasteiger partial charge in [0.2, 0.25) is 5.91 Å². The van der Waals surface area contributed by atoms with Crippen molar-refractivity contribution < 1.29 is 9.18 Å². The number of nitriles is 1. The lowest BCUT2D eigenvalue weighted by atomic mass is 10.2. The van der Waals surface area contributed by atoms with Gasteiger partial charge in [0, 0.05) is 12.2 Å². The minimum atomic E-state index is -0.563. The highest BCUT2D eigenvalue weighted by Crippen LogP contribution is 2.13. The Morgan fingerprint density at radius 1 is 1.50 bits per heavy atom. The average molecular weight is 249 g/mol. The summed E-state index contributed by atoms with van der Waals surface area (Å²) in [7, 11) is 0. The van der Waals surface area contributed by atoms with Crippen LogP contribution in [-0.2, 0) is 4.79 Å². The van der Waals surface area contributed by atoms with Crippen molar-refractivity contribution in [2.75, 3.05) is 18.4 Å². The third kappa shape index (κ3) is 4.42. The number of benzene rings is 1. The highest BCUT2D eigenvalue weighted by Gasteiger charge is 2.05. The number of hydrogen-bond donors (Lipinski definition) is 2. The van der Waals surface area contributed by atoms with Crippen molar-refractivity contribution in [3.63, 3.8) is 0 Å². The Hall–Kier alpha value is -2.09. The summed E-state index contributed by atoms with van der Waals surface area (Å²) in [4.78, 5) is 11.4. The standard InChI is InChI=1S/C13H16FN3O/c1-9(2)7-17-13(18)8-16-11-3-4-12(14)10(5-11)6-15/h3-5,9,16H,7-8H2,1-2H3,(H,17,18). The molecule has 0 aliphatic carbocycles. The van der Waals surface area contributed by atoms with E-state index in [2.05, 4.69) is 10.6 Å². The summed E-state index contributed by atoms with van der Waals surface area (Å²) in [5.41, 5.74) is 0.509. The van der Waals surface area contributed by atoms with Gasteiger partial charge in [-0.05, 0) is 24.1 Å². The second kappa shape index (κ2) is 6.60. The molecule has 0 saturated heterocycles. The van der Waals surface area contributed by atoms with Crippen LogP contribution in [0.1, 0.15) is 19.4 Å². The lowest BCUT2D eigenvalue weighted by Crippen LogP contribution is -2.32. The number of nitrogens with one attached hydrogen (secondary N) is 2. The molecule has 0 saturated carbocycles. The van der Waals surface area contributed by atoms with E-state index in [0.29, 0.717) is 18.2 Å². The largest absolute Gasteiger partial charge is 0.376 e. The molecule has 0 radical (unpaired) electrons. The molecule has 1 amide bonds. The highest BCUT2D eigenvalue weighted by atomic mass is 19.1. The van der Waals surface area contributed by atoms with Crippen LogP contribution in [0.2, 0.25) is 0 Å². The van der Waals surface area contributed by atoms with Crippen molar-refractivity contribution in [3.8, 4) is 6.07 Å². The highest BCUT2D eigenvalue weighted by molar-refractivity contribution is 5.80. The zero-order valence-corrected chi connectivity index (χ0v) is 10.5. The van der Waals surface area contributed by atoms with Gasteiger partial charge in [-0.25, -0.2) is 4.39 Å². The fourth-order valence-electron chi connectivity index (χ4n) is 1.28. The van der Waals surface area contributed by atoms with Crippen LogP contribution < -0.4 is 10.6 Å². The maximum Gasteiger partial charge on any atom is 0.239 e. The third-order valence-corrected chi connectivity index (χ3v) is 2.25. The van der Waals surface area contributed by atoms with Crippen molar-refractivity contribution >= 4 is 11.6 Å². The average Bonchev–Trinajstić information content (AvgIpc) is 2.35. The zero-order valence-electron chi connectivity index (χ0n) is 10.5. The van der Waals surface area contributed by atoms with E-state index in [0.717, 1.165) is 0 Å². The number of halogens is 1. The van der Waals surface area contributed by atoms with Gasteiger partial charge in [-0.3, -0.25) is 4.79 Å². The lowest BCUT2D eigenvalue weighted by Gasteiger charge is -2.09. The van der Waals surface area contributed by atoms with Gasteiger partial charge in [0.15, 0.2) is 0 Å². The molecule has 0 atom stereocenters. The van der Waals surface area contributed by atoms with Crippen molar-refractivity contribution in [1.82, 2.24) is 5.32 Å². The first-order valence-corrected chi connectivity index (χ1v) is 5.73. The van der Waals surface area contributed by atoms with E-state index in [1.807, 2.05) is 13.8 Å². The molecule has 0 unspecified atom stereocenters. The molecule has 18 heavy (non-hydrogen) atoms. The number of nitrogens with zero attached hydrogens (tertiary/aromatic N) is 1. The molecule has 0 aliphatic rings. The fraction of sp³-hybridized carbons (Fsp3) is 0.385. The SMILES string of the molecule is CC(C)CNC(=O)CNc1ccc(F)c(C#N)c1. The number of amides is 1. The quantitative estimate of drug-likeness (QED) is 0.837. The van der Waals surface area contributed by atoms with Crippen LogP contribution in [0.5, 0.6) is 0 Å². The monoisotopic (exact) mass is 249 g/mol. The Kier molecular flexibility index (Phi) is 5.12. The summed E-state index contributed by atoms with van der Waals surface area (Å²) in [6.07, 6.45) is 0. The van der Waals surface area contributed by atoms with Crippen LogP contribution in [0.25, 0.3) is 0 Å². The molecule has 1 aromatic rings. The predicted molar refractivity (Wildman–Crippen MR) is 67.5 cm³/mol. The molecule has 0 aromatic heterocycles. The summed E-state index contributed by atoms with van der Waals surface area (Å²) in [5.74, 6) is -0.302. The van der Waals surface area contributed by atoms with Gasteiger partial charge in [-0.15, -0.1) is 0 Å². The summed E-state index contributed by atoms with van der Waals surface area (Å²) in [6, 6.07) is 5.82. The molecule has 0 spiro atoms. The van der Waals surface area contributed by atoms with E-state index in [1.54, 1.807) is 6.07 Å². The second-order valence-electron chi connectivity index (χ2n) is 4.36. The van der Waals surface area contributed by atoms with Gasteiger partial charge >= 0.3 is 0 Å². The van der Waals surface area contributed by atoms with E-state index in [-0.39, 0.29) is 18.0 Å². The maximum absolute atomic E-state index is 13.0. The van der Waals surface area contributed by atoms with Gasteiger partial charge < -0.3 is 10.6 Å². The third-order valence-electron chi connectivity index (χ3n) is 2.25. The predicted octanol–water partition coefficient (Wildman–Crippen LogP) is 1.88. The molecule has 1 rings (SSSR count). The second-order valence-corrected chi connectivity index (χ2v) is 4.36. The first-order chi connectivity index (χ1) is 8.52. The van der Waals surface area contributed by atoms with Crippen molar-refractivity contribution in [3.05, 3.63) is 29.6 Å².